The summed E-state index contributed by atoms with van der Waals surface area (Å²) in [5.41, 5.74) is 3.74. The van der Waals surface area contributed by atoms with Gasteiger partial charge < -0.3 is 5.32 Å². The second kappa shape index (κ2) is 10.7. The quantitative estimate of drug-likeness (QED) is 0.249. The molecule has 1 saturated heterocycles. The fraction of sp³-hybridized carbons (Fsp3) is 0.172. The van der Waals surface area contributed by atoms with Crippen LogP contribution >= 0.6 is 24.0 Å². The molecule has 0 aliphatic carbocycles. The van der Waals surface area contributed by atoms with E-state index in [9.17, 15) is 9.59 Å². The SMILES string of the molecule is Cc1cccn2c(=O)c(/C=C3\SC(=S)N([C@@H](C)c4ccccc4)C3=O)c(NCCc3ccccc3)nc12. The highest BCUT2D eigenvalue weighted by atomic mass is 32.2. The molecule has 1 fully saturated rings. The number of nitrogens with one attached hydrogen (secondary N) is 1. The van der Waals surface area contributed by atoms with Gasteiger partial charge in [-0.3, -0.25) is 18.9 Å². The minimum Gasteiger partial charge on any atom is -0.369 e. The number of rotatable bonds is 7. The van der Waals surface area contributed by atoms with Crippen molar-refractivity contribution in [1.29, 1.82) is 0 Å². The standard InChI is InChI=1S/C29H26N4O2S2/c1-19-10-9-17-32-26(19)31-25(30-16-15-21-11-5-3-6-12-21)23(27(32)34)18-24-28(35)33(29(36)37-24)20(2)22-13-7-4-8-14-22/h3-14,17-18,20,30H,15-16H2,1-2H3/b24-18-/t20-/m0/s1. The molecule has 1 aliphatic rings. The maximum Gasteiger partial charge on any atom is 0.267 e. The molecule has 2 aromatic carbocycles. The Morgan fingerprint density at radius 3 is 2.46 bits per heavy atom. The van der Waals surface area contributed by atoms with Gasteiger partial charge in [-0.2, -0.15) is 0 Å². The van der Waals surface area contributed by atoms with Gasteiger partial charge in [0.25, 0.3) is 11.5 Å². The van der Waals surface area contributed by atoms with Gasteiger partial charge in [0.1, 0.15) is 15.8 Å². The summed E-state index contributed by atoms with van der Waals surface area (Å²) in [6, 6.07) is 23.4. The van der Waals surface area contributed by atoms with Crippen molar-refractivity contribution in [2.45, 2.75) is 26.3 Å². The summed E-state index contributed by atoms with van der Waals surface area (Å²) in [4.78, 5) is 33.9. The number of anilines is 1. The third-order valence-electron chi connectivity index (χ3n) is 6.40. The van der Waals surface area contributed by atoms with Crippen molar-refractivity contribution in [1.82, 2.24) is 14.3 Å². The average Bonchev–Trinajstić information content (AvgIpc) is 3.19. The van der Waals surface area contributed by atoms with Crippen LogP contribution < -0.4 is 10.9 Å². The van der Waals surface area contributed by atoms with E-state index in [2.05, 4.69) is 17.4 Å². The number of carbonyl (C=O) groups excluding carboxylic acids is 1. The lowest BCUT2D eigenvalue weighted by Crippen LogP contribution is -2.31. The maximum absolute atomic E-state index is 13.6. The number of benzene rings is 2. The Balaban J connectivity index is 1.51. The molecule has 1 atom stereocenters. The number of hydrogen-bond acceptors (Lipinski definition) is 6. The van der Waals surface area contributed by atoms with Gasteiger partial charge >= 0.3 is 0 Å². The molecular weight excluding hydrogens is 500 g/mol. The highest BCUT2D eigenvalue weighted by Crippen LogP contribution is 2.38. The van der Waals surface area contributed by atoms with Crippen LogP contribution in [0.3, 0.4) is 0 Å². The highest BCUT2D eigenvalue weighted by Gasteiger charge is 2.36. The van der Waals surface area contributed by atoms with E-state index in [1.54, 1.807) is 17.2 Å². The number of thiocarbonyl (C=S) groups is 1. The largest absolute Gasteiger partial charge is 0.369 e. The van der Waals surface area contributed by atoms with Crippen molar-refractivity contribution in [3.05, 3.63) is 117 Å². The van der Waals surface area contributed by atoms with Crippen molar-refractivity contribution in [3.63, 3.8) is 0 Å². The van der Waals surface area contributed by atoms with E-state index in [4.69, 9.17) is 17.2 Å². The summed E-state index contributed by atoms with van der Waals surface area (Å²) < 4.78 is 1.99. The summed E-state index contributed by atoms with van der Waals surface area (Å²) in [7, 11) is 0. The third-order valence-corrected chi connectivity index (χ3v) is 7.73. The van der Waals surface area contributed by atoms with Crippen LogP contribution in [-0.4, -0.2) is 31.1 Å². The third kappa shape index (κ3) is 5.08. The Kier molecular flexibility index (Phi) is 7.21. The summed E-state index contributed by atoms with van der Waals surface area (Å²) in [5, 5.41) is 3.35. The molecule has 4 aromatic rings. The van der Waals surface area contributed by atoms with Crippen LogP contribution in [0.5, 0.6) is 0 Å². The zero-order valence-electron chi connectivity index (χ0n) is 20.5. The fourth-order valence-corrected chi connectivity index (χ4v) is 5.77. The number of fused-ring (bicyclic) bond motifs is 1. The van der Waals surface area contributed by atoms with Crippen molar-refractivity contribution in [2.24, 2.45) is 0 Å². The number of amides is 1. The van der Waals surface area contributed by atoms with Crippen LogP contribution in [0.15, 0.2) is 88.7 Å². The van der Waals surface area contributed by atoms with E-state index in [1.165, 1.54) is 21.7 Å². The Bertz CT molecular complexity index is 1570. The van der Waals surface area contributed by atoms with E-state index >= 15 is 0 Å². The van der Waals surface area contributed by atoms with Crippen LogP contribution in [-0.2, 0) is 11.2 Å². The Hall–Kier alpha value is -3.75. The number of aromatic nitrogens is 2. The molecule has 1 N–H and O–H groups in total. The Labute approximate surface area is 225 Å². The van der Waals surface area contributed by atoms with Crippen molar-refractivity contribution >= 4 is 51.7 Å². The Morgan fingerprint density at radius 2 is 1.73 bits per heavy atom. The lowest BCUT2D eigenvalue weighted by Gasteiger charge is -2.23. The van der Waals surface area contributed by atoms with E-state index in [1.807, 2.05) is 74.5 Å². The predicted molar refractivity (Wildman–Crippen MR) is 155 cm³/mol. The van der Waals surface area contributed by atoms with E-state index in [0.717, 1.165) is 17.5 Å². The lowest BCUT2D eigenvalue weighted by atomic mass is 10.1. The molecule has 6 nitrogen and oxygen atoms in total. The van der Waals surface area contributed by atoms with Crippen LogP contribution in [0, 0.1) is 6.92 Å². The van der Waals surface area contributed by atoms with Gasteiger partial charge in [-0.1, -0.05) is 90.7 Å². The average molecular weight is 527 g/mol. The normalized spacial score (nSPS) is 15.5. The van der Waals surface area contributed by atoms with Gasteiger partial charge in [0.15, 0.2) is 0 Å². The molecule has 0 radical (unpaired) electrons. The minimum absolute atomic E-state index is 0.213. The molecule has 2 aromatic heterocycles. The zero-order chi connectivity index (χ0) is 25.9. The minimum atomic E-state index is -0.239. The number of hydrogen-bond donors (Lipinski definition) is 1. The summed E-state index contributed by atoms with van der Waals surface area (Å²) in [5.74, 6) is 0.243. The van der Waals surface area contributed by atoms with Crippen molar-refractivity contribution in [3.8, 4) is 0 Å². The molecule has 8 heteroatoms. The first-order valence-corrected chi connectivity index (χ1v) is 13.3. The van der Waals surface area contributed by atoms with Gasteiger partial charge in [-0.15, -0.1) is 0 Å². The Morgan fingerprint density at radius 1 is 1.03 bits per heavy atom. The van der Waals surface area contributed by atoms with E-state index < -0.39 is 0 Å². The molecule has 0 saturated carbocycles. The number of thioether (sulfide) groups is 1. The zero-order valence-corrected chi connectivity index (χ0v) is 22.2. The van der Waals surface area contributed by atoms with Gasteiger partial charge in [0, 0.05) is 12.7 Å². The molecule has 0 bridgehead atoms. The molecule has 1 aliphatic heterocycles. The van der Waals surface area contributed by atoms with Crippen LogP contribution in [0.2, 0.25) is 0 Å². The first-order valence-electron chi connectivity index (χ1n) is 12.1. The lowest BCUT2D eigenvalue weighted by molar-refractivity contribution is -0.123. The number of pyridine rings is 1. The second-order valence-corrected chi connectivity index (χ2v) is 10.5. The topological polar surface area (TPSA) is 66.7 Å². The van der Waals surface area contributed by atoms with Gasteiger partial charge in [0.2, 0.25) is 0 Å². The summed E-state index contributed by atoms with van der Waals surface area (Å²) >= 11 is 6.80. The van der Waals surface area contributed by atoms with Crippen molar-refractivity contribution < 1.29 is 4.79 Å². The van der Waals surface area contributed by atoms with Crippen molar-refractivity contribution in [2.75, 3.05) is 11.9 Å². The van der Waals surface area contributed by atoms with Gasteiger partial charge in [0.05, 0.1) is 16.5 Å². The molecular formula is C29H26N4O2S2. The molecule has 1 amide bonds. The van der Waals surface area contributed by atoms with Gasteiger partial charge in [-0.25, -0.2) is 4.98 Å². The monoisotopic (exact) mass is 526 g/mol. The summed E-state index contributed by atoms with van der Waals surface area (Å²) in [6.45, 7) is 4.46. The van der Waals surface area contributed by atoms with E-state index in [0.29, 0.717) is 32.8 Å². The van der Waals surface area contributed by atoms with Crippen LogP contribution in [0.1, 0.15) is 35.2 Å². The predicted octanol–water partition coefficient (Wildman–Crippen LogP) is 5.62. The molecule has 5 rings (SSSR count). The maximum atomic E-state index is 13.6. The molecule has 37 heavy (non-hydrogen) atoms. The number of aryl methyl sites for hydroxylation is 1. The van der Waals surface area contributed by atoms with Gasteiger partial charge in [-0.05, 0) is 49.1 Å². The second-order valence-electron chi connectivity index (χ2n) is 8.86. The number of carbonyl (C=O) groups is 1. The smallest absolute Gasteiger partial charge is 0.267 e. The molecule has 3 heterocycles. The molecule has 186 valence electrons. The highest BCUT2D eigenvalue weighted by molar-refractivity contribution is 8.26. The molecule has 0 spiro atoms. The summed E-state index contributed by atoms with van der Waals surface area (Å²) in [6.07, 6.45) is 4.10. The number of nitrogens with zero attached hydrogens (tertiary/aromatic N) is 3. The fourth-order valence-electron chi connectivity index (χ4n) is 4.37. The van der Waals surface area contributed by atoms with E-state index in [-0.39, 0.29) is 17.5 Å². The first kappa shape index (κ1) is 24.9. The first-order chi connectivity index (χ1) is 17.9. The molecule has 0 unspecified atom stereocenters. The van der Waals surface area contributed by atoms with Crippen LogP contribution in [0.25, 0.3) is 11.7 Å². The van der Waals surface area contributed by atoms with Crippen LogP contribution in [0.4, 0.5) is 5.82 Å².